The molecule has 0 bridgehead atoms. The highest BCUT2D eigenvalue weighted by molar-refractivity contribution is 6.01. The van der Waals surface area contributed by atoms with Gasteiger partial charge in [0.2, 0.25) is 0 Å². The molecule has 0 aromatic heterocycles. The van der Waals surface area contributed by atoms with Gasteiger partial charge in [0, 0.05) is 5.56 Å². The van der Waals surface area contributed by atoms with E-state index >= 15 is 0 Å². The fourth-order valence-corrected chi connectivity index (χ4v) is 1.74. The summed E-state index contributed by atoms with van der Waals surface area (Å²) >= 11 is 0. The predicted octanol–water partition coefficient (Wildman–Crippen LogP) is 3.26. The summed E-state index contributed by atoms with van der Waals surface area (Å²) in [6, 6.07) is 13.2. The molecule has 0 aliphatic rings. The molecule has 0 N–H and O–H groups in total. The van der Waals surface area contributed by atoms with Crippen LogP contribution in [-0.2, 0) is 4.84 Å². The quantitative estimate of drug-likeness (QED) is 0.605. The normalized spacial score (nSPS) is 11.1. The molecular formula is C16H16FNO3. The molecule has 0 heterocycles. The van der Waals surface area contributed by atoms with Crippen molar-refractivity contribution in [3.8, 4) is 11.5 Å². The summed E-state index contributed by atoms with van der Waals surface area (Å²) in [5.74, 6) is 1.02. The molecule has 0 amide bonds. The van der Waals surface area contributed by atoms with E-state index < -0.39 is 0 Å². The van der Waals surface area contributed by atoms with Crippen LogP contribution in [-0.4, -0.2) is 26.5 Å². The third-order valence-corrected chi connectivity index (χ3v) is 2.81. The number of methoxy groups -OCH3 is 1. The lowest BCUT2D eigenvalue weighted by Gasteiger charge is -2.09. The summed E-state index contributed by atoms with van der Waals surface area (Å²) < 4.78 is 23.5. The molecule has 5 heteroatoms. The SMILES string of the molecule is CO/N=C(\COc1ccc(F)cc1)c1ccc(OC)cc1. The van der Waals surface area contributed by atoms with Crippen molar-refractivity contribution in [1.82, 2.24) is 0 Å². The third-order valence-electron chi connectivity index (χ3n) is 2.81. The van der Waals surface area contributed by atoms with Gasteiger partial charge in [-0.05, 0) is 48.5 Å². The van der Waals surface area contributed by atoms with Gasteiger partial charge in [0.25, 0.3) is 0 Å². The van der Waals surface area contributed by atoms with Crippen molar-refractivity contribution in [3.63, 3.8) is 0 Å². The van der Waals surface area contributed by atoms with Crippen molar-refractivity contribution in [2.75, 3.05) is 20.8 Å². The molecule has 0 radical (unpaired) electrons. The van der Waals surface area contributed by atoms with Gasteiger partial charge in [-0.3, -0.25) is 0 Å². The van der Waals surface area contributed by atoms with Crippen LogP contribution in [0.2, 0.25) is 0 Å². The van der Waals surface area contributed by atoms with E-state index in [0.29, 0.717) is 11.5 Å². The molecule has 0 aliphatic heterocycles. The molecule has 110 valence electrons. The Morgan fingerprint density at radius 1 is 0.952 bits per heavy atom. The standard InChI is InChI=1S/C16H16FNO3/c1-19-14-7-3-12(4-8-14)16(18-20-2)11-21-15-9-5-13(17)6-10-15/h3-10H,11H2,1-2H3/b18-16+. The summed E-state index contributed by atoms with van der Waals surface area (Å²) in [6.45, 7) is 0.214. The maximum absolute atomic E-state index is 12.8. The van der Waals surface area contributed by atoms with E-state index in [0.717, 1.165) is 11.3 Å². The second-order valence-electron chi connectivity index (χ2n) is 4.19. The smallest absolute Gasteiger partial charge is 0.134 e. The van der Waals surface area contributed by atoms with Gasteiger partial charge in [0.15, 0.2) is 0 Å². The number of oxime groups is 1. The average Bonchev–Trinajstić information content (AvgIpc) is 2.53. The predicted molar refractivity (Wildman–Crippen MR) is 78.4 cm³/mol. The van der Waals surface area contributed by atoms with Crippen LogP contribution in [0, 0.1) is 5.82 Å². The van der Waals surface area contributed by atoms with E-state index in [-0.39, 0.29) is 12.4 Å². The molecule has 2 aromatic carbocycles. The Kier molecular flexibility index (Phi) is 5.15. The number of rotatable bonds is 6. The minimum atomic E-state index is -0.303. The van der Waals surface area contributed by atoms with Gasteiger partial charge in [-0.2, -0.15) is 0 Å². The van der Waals surface area contributed by atoms with Crippen LogP contribution >= 0.6 is 0 Å². The molecule has 4 nitrogen and oxygen atoms in total. The first-order valence-corrected chi connectivity index (χ1v) is 6.35. The van der Waals surface area contributed by atoms with Crippen molar-refractivity contribution in [3.05, 3.63) is 59.9 Å². The van der Waals surface area contributed by atoms with Crippen molar-refractivity contribution >= 4 is 5.71 Å². The van der Waals surface area contributed by atoms with Crippen LogP contribution in [0.15, 0.2) is 53.7 Å². The van der Waals surface area contributed by atoms with E-state index in [9.17, 15) is 4.39 Å². The van der Waals surface area contributed by atoms with Crippen LogP contribution in [0.4, 0.5) is 4.39 Å². The Hall–Kier alpha value is -2.56. The van der Waals surface area contributed by atoms with E-state index in [2.05, 4.69) is 5.16 Å². The molecule has 0 fully saturated rings. The molecule has 2 aromatic rings. The lowest BCUT2D eigenvalue weighted by molar-refractivity contribution is 0.210. The second-order valence-corrected chi connectivity index (χ2v) is 4.19. The highest BCUT2D eigenvalue weighted by atomic mass is 19.1. The van der Waals surface area contributed by atoms with Crippen LogP contribution < -0.4 is 9.47 Å². The minimum Gasteiger partial charge on any atom is -0.497 e. The van der Waals surface area contributed by atoms with Gasteiger partial charge >= 0.3 is 0 Å². The second kappa shape index (κ2) is 7.28. The van der Waals surface area contributed by atoms with Gasteiger partial charge in [0.1, 0.15) is 36.7 Å². The topological polar surface area (TPSA) is 40.0 Å². The Morgan fingerprint density at radius 2 is 1.57 bits per heavy atom. The summed E-state index contributed by atoms with van der Waals surface area (Å²) in [7, 11) is 3.08. The zero-order chi connectivity index (χ0) is 15.1. The largest absolute Gasteiger partial charge is 0.497 e. The maximum Gasteiger partial charge on any atom is 0.134 e. The monoisotopic (exact) mass is 289 g/mol. The minimum absolute atomic E-state index is 0.214. The lowest BCUT2D eigenvalue weighted by atomic mass is 10.1. The summed E-state index contributed by atoms with van der Waals surface area (Å²) in [4.78, 5) is 4.84. The first kappa shape index (κ1) is 14.8. The zero-order valence-electron chi connectivity index (χ0n) is 11.9. The van der Waals surface area contributed by atoms with E-state index in [1.807, 2.05) is 24.3 Å². The number of hydrogen-bond acceptors (Lipinski definition) is 4. The molecule has 0 aliphatic carbocycles. The Labute approximate surface area is 122 Å². The summed E-state index contributed by atoms with van der Waals surface area (Å²) in [5.41, 5.74) is 1.49. The lowest BCUT2D eigenvalue weighted by Crippen LogP contribution is -2.13. The third kappa shape index (κ3) is 4.21. The van der Waals surface area contributed by atoms with Crippen molar-refractivity contribution in [1.29, 1.82) is 0 Å². The molecular weight excluding hydrogens is 273 g/mol. The van der Waals surface area contributed by atoms with E-state index in [1.54, 1.807) is 19.2 Å². The molecule has 0 spiro atoms. The highest BCUT2D eigenvalue weighted by Gasteiger charge is 2.07. The van der Waals surface area contributed by atoms with Crippen molar-refractivity contribution in [2.24, 2.45) is 5.16 Å². The Balaban J connectivity index is 2.08. The van der Waals surface area contributed by atoms with Gasteiger partial charge in [-0.1, -0.05) is 5.16 Å². The number of ether oxygens (including phenoxy) is 2. The summed E-state index contributed by atoms with van der Waals surface area (Å²) in [5, 5.41) is 3.96. The summed E-state index contributed by atoms with van der Waals surface area (Å²) in [6.07, 6.45) is 0. The maximum atomic E-state index is 12.8. The fourth-order valence-electron chi connectivity index (χ4n) is 1.74. The zero-order valence-corrected chi connectivity index (χ0v) is 11.9. The van der Waals surface area contributed by atoms with E-state index in [1.165, 1.54) is 19.2 Å². The van der Waals surface area contributed by atoms with Crippen LogP contribution in [0.1, 0.15) is 5.56 Å². The van der Waals surface area contributed by atoms with Gasteiger partial charge in [-0.15, -0.1) is 0 Å². The van der Waals surface area contributed by atoms with Crippen LogP contribution in [0.3, 0.4) is 0 Å². The first-order chi connectivity index (χ1) is 10.2. The molecule has 0 saturated heterocycles. The molecule has 0 atom stereocenters. The van der Waals surface area contributed by atoms with Gasteiger partial charge in [0.05, 0.1) is 7.11 Å². The Morgan fingerprint density at radius 3 is 2.14 bits per heavy atom. The number of nitrogens with zero attached hydrogens (tertiary/aromatic N) is 1. The molecule has 2 rings (SSSR count). The average molecular weight is 289 g/mol. The van der Waals surface area contributed by atoms with Crippen molar-refractivity contribution < 1.29 is 18.7 Å². The van der Waals surface area contributed by atoms with Gasteiger partial charge in [-0.25, -0.2) is 4.39 Å². The van der Waals surface area contributed by atoms with Crippen LogP contribution in [0.25, 0.3) is 0 Å². The number of benzene rings is 2. The first-order valence-electron chi connectivity index (χ1n) is 6.35. The molecule has 21 heavy (non-hydrogen) atoms. The number of hydrogen-bond donors (Lipinski definition) is 0. The van der Waals surface area contributed by atoms with E-state index in [4.69, 9.17) is 14.3 Å². The number of halogens is 1. The molecule has 0 saturated carbocycles. The molecule has 0 unspecified atom stereocenters. The Bertz CT molecular complexity index is 594. The fraction of sp³-hybridized carbons (Fsp3) is 0.188. The highest BCUT2D eigenvalue weighted by Crippen LogP contribution is 2.15. The van der Waals surface area contributed by atoms with Crippen LogP contribution in [0.5, 0.6) is 11.5 Å². The van der Waals surface area contributed by atoms with Crippen molar-refractivity contribution in [2.45, 2.75) is 0 Å². The van der Waals surface area contributed by atoms with Gasteiger partial charge < -0.3 is 14.3 Å².